The molecule has 0 aromatic heterocycles. The molecule has 0 aliphatic rings. The number of unbranched alkanes of at least 4 members (excludes halogenated alkanes) is 48. The van der Waals surface area contributed by atoms with Crippen molar-refractivity contribution in [3.05, 3.63) is 107 Å². The first-order chi connectivity index (χ1) is 50.6. The quantitative estimate of drug-likeness (QED) is 0.0150. The summed E-state index contributed by atoms with van der Waals surface area (Å²) >= 11 is 0. The summed E-state index contributed by atoms with van der Waals surface area (Å²) in [6, 6.07) is 6.12. The van der Waals surface area contributed by atoms with Gasteiger partial charge in [0.05, 0.1) is 58.5 Å². The number of rotatable bonds is 70. The van der Waals surface area contributed by atoms with E-state index in [0.717, 1.165) is 87.8 Å². The van der Waals surface area contributed by atoms with Gasteiger partial charge in [0, 0.05) is 0 Å². The molecular formula is C88H146CaO14S2. The molecule has 14 nitrogen and oxygen atoms in total. The van der Waals surface area contributed by atoms with E-state index in [1.807, 2.05) is 24.3 Å². The van der Waals surface area contributed by atoms with Gasteiger partial charge in [0.2, 0.25) is 0 Å². The van der Waals surface area contributed by atoms with Gasteiger partial charge in [-0.25, -0.2) is 36.0 Å². The molecular weight excluding hydrogens is 1390 g/mol. The van der Waals surface area contributed by atoms with Crippen LogP contribution >= 0.6 is 0 Å². The van der Waals surface area contributed by atoms with Crippen LogP contribution in [0.3, 0.4) is 0 Å². The van der Waals surface area contributed by atoms with Crippen molar-refractivity contribution in [1.82, 2.24) is 0 Å². The summed E-state index contributed by atoms with van der Waals surface area (Å²) < 4.78 is 91.1. The first-order valence-electron chi connectivity index (χ1n) is 42.1. The molecule has 0 heterocycles. The molecule has 105 heavy (non-hydrogen) atoms. The maximum absolute atomic E-state index is 12.9. The average molecular weight is 1530 g/mol. The van der Waals surface area contributed by atoms with E-state index in [0.29, 0.717) is 25.7 Å². The molecule has 2 aromatic rings. The Morgan fingerprint density at radius 2 is 0.419 bits per heavy atom. The van der Waals surface area contributed by atoms with Gasteiger partial charge in [-0.05, 0) is 113 Å². The number of hydrogen-bond acceptors (Lipinski definition) is 14. The van der Waals surface area contributed by atoms with E-state index < -0.39 is 53.9 Å². The summed E-state index contributed by atoms with van der Waals surface area (Å²) in [7, 11) is -9.66. The molecule has 0 amide bonds. The van der Waals surface area contributed by atoms with Crippen LogP contribution in [0.15, 0.2) is 94.8 Å². The molecule has 2 aromatic carbocycles. The van der Waals surface area contributed by atoms with Gasteiger partial charge in [-0.3, -0.25) is 0 Å². The second-order valence-corrected chi connectivity index (χ2v) is 31.4. The molecule has 596 valence electrons. The van der Waals surface area contributed by atoms with Gasteiger partial charge in [0.1, 0.15) is 20.2 Å². The normalized spacial score (nSPS) is 11.8. The van der Waals surface area contributed by atoms with Crippen LogP contribution in [-0.2, 0) is 39.2 Å². The van der Waals surface area contributed by atoms with E-state index in [9.17, 15) is 45.1 Å². The number of ether oxygens (including phenoxy) is 4. The third-order valence-electron chi connectivity index (χ3n) is 19.1. The van der Waals surface area contributed by atoms with Gasteiger partial charge < -0.3 is 28.1 Å². The van der Waals surface area contributed by atoms with Crippen LogP contribution in [0.1, 0.15) is 429 Å². The number of hydrogen-bond donors (Lipinski definition) is 0. The van der Waals surface area contributed by atoms with Gasteiger partial charge in [-0.15, -0.1) is 0 Å². The Bertz CT molecular complexity index is 2610. The number of carbonyl (C=O) groups is 4. The van der Waals surface area contributed by atoms with Crippen molar-refractivity contribution in [2.45, 2.75) is 397 Å². The van der Waals surface area contributed by atoms with Gasteiger partial charge in [0.25, 0.3) is 0 Å². The first-order valence-corrected chi connectivity index (χ1v) is 44.9. The summed E-state index contributed by atoms with van der Waals surface area (Å²) in [6.07, 6.45) is 85.4. The Balaban J connectivity index is 0.00000204. The van der Waals surface area contributed by atoms with Crippen molar-refractivity contribution in [2.24, 2.45) is 0 Å². The number of allylic oxidation sites excluding steroid dienone is 4. The molecule has 0 bridgehead atoms. The molecule has 0 aliphatic heterocycles. The minimum Gasteiger partial charge on any atom is -0.744 e. The van der Waals surface area contributed by atoms with E-state index in [-0.39, 0.29) is 86.4 Å². The summed E-state index contributed by atoms with van der Waals surface area (Å²) in [5, 5.41) is 0. The second-order valence-electron chi connectivity index (χ2n) is 28.6. The van der Waals surface area contributed by atoms with Crippen molar-refractivity contribution in [1.29, 1.82) is 0 Å². The third kappa shape index (κ3) is 60.8. The van der Waals surface area contributed by atoms with Crippen LogP contribution in [-0.4, -0.2) is 114 Å². The van der Waals surface area contributed by atoms with Crippen LogP contribution < -0.4 is 0 Å². The average Bonchev–Trinajstić information content (AvgIpc) is 0.816. The smallest absolute Gasteiger partial charge is 0.744 e. The van der Waals surface area contributed by atoms with Gasteiger partial charge in [-0.2, -0.15) is 0 Å². The van der Waals surface area contributed by atoms with E-state index in [4.69, 9.17) is 18.9 Å². The minimum absolute atomic E-state index is 0. The fourth-order valence-corrected chi connectivity index (χ4v) is 13.6. The molecule has 0 N–H and O–H groups in total. The zero-order valence-electron chi connectivity index (χ0n) is 66.7. The first kappa shape index (κ1) is 101. The standard InChI is InChI=1S/2C44H74O7S.Ca/c2*1-3-5-7-9-11-13-15-17-19-21-23-25-27-29-31-33-37-50-43(45)41-36-35-40(52(47,48)49)39-42(41)44(46)51-38-34-32-30-28-26-24-22-20-18-16-14-12-10-8-6-4-2;/h2*29-32,35-36,39H,3-28,33-34,37-38H2,1-2H3,(H,47,48,49);/q;;+2/p-2/b2*31-29+,32-30+;. The molecule has 0 saturated carbocycles. The van der Waals surface area contributed by atoms with E-state index in [1.165, 1.54) is 283 Å². The molecule has 0 unspecified atom stereocenters. The Morgan fingerprint density at radius 3 is 0.600 bits per heavy atom. The minimum atomic E-state index is -4.83. The summed E-state index contributed by atoms with van der Waals surface area (Å²) in [5.74, 6) is -3.26. The van der Waals surface area contributed by atoms with Crippen LogP contribution in [0.25, 0.3) is 0 Å². The fraction of sp³-hybridized carbons (Fsp3) is 0.727. The second kappa shape index (κ2) is 73.2. The van der Waals surface area contributed by atoms with E-state index in [2.05, 4.69) is 52.0 Å². The maximum atomic E-state index is 12.9. The zero-order valence-corrected chi connectivity index (χ0v) is 70.6. The third-order valence-corrected chi connectivity index (χ3v) is 20.7. The summed E-state index contributed by atoms with van der Waals surface area (Å²) in [5.41, 5.74) is -0.824. The van der Waals surface area contributed by atoms with Crippen molar-refractivity contribution in [3.63, 3.8) is 0 Å². The Morgan fingerprint density at radius 1 is 0.257 bits per heavy atom. The Kier molecular flexibility index (Phi) is 70.6. The van der Waals surface area contributed by atoms with Crippen molar-refractivity contribution >= 4 is 81.9 Å². The van der Waals surface area contributed by atoms with Crippen molar-refractivity contribution in [3.8, 4) is 0 Å². The summed E-state index contributed by atoms with van der Waals surface area (Å²) in [6.45, 7) is 9.39. The largest absolute Gasteiger partial charge is 2.00 e. The number of benzene rings is 2. The van der Waals surface area contributed by atoms with Crippen LogP contribution in [0.2, 0.25) is 0 Å². The van der Waals surface area contributed by atoms with Gasteiger partial charge in [-0.1, -0.05) is 359 Å². The molecule has 17 heteroatoms. The van der Waals surface area contributed by atoms with Gasteiger partial charge >= 0.3 is 61.6 Å². The molecule has 0 radical (unpaired) electrons. The SMILES string of the molecule is CCCCCCCCCCCCCC/C=C/CCOC(=O)c1ccc(S(=O)(=O)[O-])cc1C(=O)OCC/C=C/CCCCCCCCCCCCCC.CCCCCCCCCCCCCC/C=C/CCOC(=O)c1ccc(S(=O)(=O)[O-])cc1C(=O)OCC/C=C/CCCCCCCCCCCCCC.[Ca+2]. The molecule has 0 fully saturated rings. The molecule has 0 aliphatic carbocycles. The molecule has 0 atom stereocenters. The monoisotopic (exact) mass is 1530 g/mol. The van der Waals surface area contributed by atoms with Crippen LogP contribution in [0, 0.1) is 0 Å². The molecule has 2 rings (SSSR count). The predicted molar refractivity (Wildman–Crippen MR) is 434 cm³/mol. The zero-order chi connectivity index (χ0) is 75.9. The Labute approximate surface area is 671 Å². The van der Waals surface area contributed by atoms with Crippen molar-refractivity contribution < 1.29 is 64.1 Å². The van der Waals surface area contributed by atoms with Crippen LogP contribution in [0.4, 0.5) is 0 Å². The van der Waals surface area contributed by atoms with E-state index in [1.54, 1.807) is 0 Å². The number of esters is 4. The van der Waals surface area contributed by atoms with Gasteiger partial charge in [0.15, 0.2) is 0 Å². The number of carbonyl (C=O) groups excluding carboxylic acids is 4. The fourth-order valence-electron chi connectivity index (χ4n) is 12.6. The molecule has 0 saturated heterocycles. The van der Waals surface area contributed by atoms with Crippen LogP contribution in [0.5, 0.6) is 0 Å². The van der Waals surface area contributed by atoms with Crippen molar-refractivity contribution in [2.75, 3.05) is 26.4 Å². The van der Waals surface area contributed by atoms with E-state index >= 15 is 0 Å². The topological polar surface area (TPSA) is 220 Å². The maximum Gasteiger partial charge on any atom is 2.00 e. The molecule has 0 spiro atoms. The Hall–Kier alpha value is -3.64. The predicted octanol–water partition coefficient (Wildman–Crippen LogP) is 25.6. The summed E-state index contributed by atoms with van der Waals surface area (Å²) in [4.78, 5) is 50.2.